The Bertz CT molecular complexity index is 414. The van der Waals surface area contributed by atoms with E-state index in [2.05, 4.69) is 12.6 Å². The van der Waals surface area contributed by atoms with Crippen molar-refractivity contribution >= 4 is 20.2 Å². The van der Waals surface area contributed by atoms with Crippen LogP contribution in [0.15, 0.2) is 0 Å². The van der Waals surface area contributed by atoms with E-state index < -0.39 is 7.60 Å². The molecule has 0 aliphatic heterocycles. The van der Waals surface area contributed by atoms with Gasteiger partial charge in [-0.2, -0.15) is 12.6 Å². The predicted octanol–water partition coefficient (Wildman–Crippen LogP) is 10.2. The molecule has 0 rings (SSSR count). The third kappa shape index (κ3) is 32.5. The van der Waals surface area contributed by atoms with Crippen molar-refractivity contribution in [3.63, 3.8) is 0 Å². The van der Waals surface area contributed by atoms with E-state index in [1.807, 2.05) is 0 Å². The van der Waals surface area contributed by atoms with Crippen molar-refractivity contribution in [2.24, 2.45) is 0 Å². The van der Waals surface area contributed by atoms with Crippen molar-refractivity contribution in [1.82, 2.24) is 0 Å². The Morgan fingerprint density at radius 1 is 0.364 bits per heavy atom. The monoisotopic (exact) mass is 506 g/mol. The second-order valence-electron chi connectivity index (χ2n) is 10.3. The van der Waals surface area contributed by atoms with E-state index in [9.17, 15) is 4.57 Å². The summed E-state index contributed by atoms with van der Waals surface area (Å²) in [7, 11) is -3.77. The highest BCUT2D eigenvalue weighted by atomic mass is 32.1. The molecular formula is C28H59O3PS. The first kappa shape index (κ1) is 33.5. The van der Waals surface area contributed by atoms with Crippen LogP contribution >= 0.6 is 20.2 Å². The summed E-state index contributed by atoms with van der Waals surface area (Å²) in [5.41, 5.74) is 0. The van der Waals surface area contributed by atoms with Gasteiger partial charge in [-0.3, -0.25) is 4.57 Å². The maximum absolute atomic E-state index is 10.8. The smallest absolute Gasteiger partial charge is 0.324 e. The molecule has 0 spiro atoms. The van der Waals surface area contributed by atoms with E-state index in [1.165, 1.54) is 148 Å². The molecule has 0 aromatic heterocycles. The lowest BCUT2D eigenvalue weighted by molar-refractivity contribution is 0.370. The number of unbranched alkanes of at least 4 members (excludes halogenated alkanes) is 25. The van der Waals surface area contributed by atoms with E-state index >= 15 is 0 Å². The highest BCUT2D eigenvalue weighted by molar-refractivity contribution is 7.80. The van der Waals surface area contributed by atoms with Crippen LogP contribution in [0.25, 0.3) is 0 Å². The van der Waals surface area contributed by atoms with Gasteiger partial charge in [0.1, 0.15) is 0 Å². The highest BCUT2D eigenvalue weighted by Crippen LogP contribution is 2.35. The van der Waals surface area contributed by atoms with Gasteiger partial charge in [-0.1, -0.05) is 154 Å². The van der Waals surface area contributed by atoms with Crippen LogP contribution in [0.3, 0.4) is 0 Å². The average molecular weight is 507 g/mol. The van der Waals surface area contributed by atoms with Crippen LogP contribution in [0.1, 0.15) is 167 Å². The summed E-state index contributed by atoms with van der Waals surface area (Å²) >= 11 is 4.27. The lowest BCUT2D eigenvalue weighted by Gasteiger charge is -2.05. The van der Waals surface area contributed by atoms with Crippen LogP contribution < -0.4 is 0 Å². The molecule has 0 bridgehead atoms. The molecule has 0 aliphatic rings. The van der Waals surface area contributed by atoms with Crippen LogP contribution in [0.5, 0.6) is 0 Å². The van der Waals surface area contributed by atoms with Gasteiger partial charge in [-0.05, 0) is 18.6 Å². The van der Waals surface area contributed by atoms with Crippen LogP contribution in [-0.2, 0) is 4.57 Å². The van der Waals surface area contributed by atoms with Crippen molar-refractivity contribution in [3.8, 4) is 0 Å². The Kier molecular flexibility index (Phi) is 27.5. The van der Waals surface area contributed by atoms with E-state index in [0.29, 0.717) is 6.42 Å². The zero-order valence-corrected chi connectivity index (χ0v) is 23.8. The van der Waals surface area contributed by atoms with E-state index in [1.54, 1.807) is 0 Å². The molecule has 0 saturated heterocycles. The van der Waals surface area contributed by atoms with Crippen molar-refractivity contribution < 1.29 is 14.4 Å². The van der Waals surface area contributed by atoms with Crippen molar-refractivity contribution in [1.29, 1.82) is 0 Å². The minimum absolute atomic E-state index is 0.0605. The first-order valence-electron chi connectivity index (χ1n) is 14.7. The standard InChI is InChI=1S/C28H59O3PS/c29-32(30,31)27-25-23-21-19-17-15-13-11-9-7-5-3-1-2-4-6-8-10-12-14-16-18-20-22-24-26-28-33/h33H,1-28H2,(H2,29,30,31). The Morgan fingerprint density at radius 2 is 0.545 bits per heavy atom. The summed E-state index contributed by atoms with van der Waals surface area (Å²) < 4.78 is 10.8. The molecule has 0 amide bonds. The summed E-state index contributed by atoms with van der Waals surface area (Å²) in [5.74, 6) is 1.05. The van der Waals surface area contributed by atoms with Gasteiger partial charge >= 0.3 is 7.60 Å². The van der Waals surface area contributed by atoms with E-state index in [4.69, 9.17) is 9.79 Å². The fourth-order valence-corrected chi connectivity index (χ4v) is 5.53. The molecule has 3 nitrogen and oxygen atoms in total. The van der Waals surface area contributed by atoms with Gasteiger partial charge in [-0.25, -0.2) is 0 Å². The summed E-state index contributed by atoms with van der Waals surface area (Å²) in [4.78, 5) is 17.6. The molecule has 200 valence electrons. The van der Waals surface area contributed by atoms with Crippen molar-refractivity contribution in [2.75, 3.05) is 11.9 Å². The molecule has 0 unspecified atom stereocenters. The van der Waals surface area contributed by atoms with Gasteiger partial charge in [-0.15, -0.1) is 0 Å². The zero-order chi connectivity index (χ0) is 24.3. The highest BCUT2D eigenvalue weighted by Gasteiger charge is 2.10. The largest absolute Gasteiger partial charge is 0.325 e. The van der Waals surface area contributed by atoms with Crippen molar-refractivity contribution in [3.05, 3.63) is 0 Å². The summed E-state index contributed by atoms with van der Waals surface area (Å²) in [6, 6.07) is 0. The Labute approximate surface area is 213 Å². The molecule has 0 aromatic carbocycles. The van der Waals surface area contributed by atoms with Gasteiger partial charge in [0.2, 0.25) is 0 Å². The summed E-state index contributed by atoms with van der Waals surface area (Å²) in [6.45, 7) is 0. The molecule has 33 heavy (non-hydrogen) atoms. The molecular weight excluding hydrogens is 447 g/mol. The molecule has 5 heteroatoms. The number of rotatable bonds is 28. The van der Waals surface area contributed by atoms with Gasteiger partial charge < -0.3 is 9.79 Å². The van der Waals surface area contributed by atoms with Gasteiger partial charge in [0.15, 0.2) is 0 Å². The number of thiol groups is 1. The third-order valence-corrected chi connectivity index (χ3v) is 8.07. The van der Waals surface area contributed by atoms with Crippen LogP contribution in [0.4, 0.5) is 0 Å². The van der Waals surface area contributed by atoms with Gasteiger partial charge in [0, 0.05) is 6.16 Å². The molecule has 0 aliphatic carbocycles. The molecule has 0 heterocycles. The molecule has 0 saturated carbocycles. The van der Waals surface area contributed by atoms with E-state index in [0.717, 1.165) is 18.6 Å². The van der Waals surface area contributed by atoms with Crippen LogP contribution in [0, 0.1) is 0 Å². The maximum Gasteiger partial charge on any atom is 0.325 e. The normalized spacial score (nSPS) is 12.0. The SMILES string of the molecule is O=P(O)(O)CCCCCCCCCCCCCCCCCCCCCCCCCCCCS. The molecule has 0 atom stereocenters. The summed E-state index contributed by atoms with van der Waals surface area (Å²) in [5, 5.41) is 0. The van der Waals surface area contributed by atoms with E-state index in [-0.39, 0.29) is 6.16 Å². The molecule has 2 N–H and O–H groups in total. The average Bonchev–Trinajstić information content (AvgIpc) is 2.78. The Morgan fingerprint density at radius 3 is 0.727 bits per heavy atom. The minimum atomic E-state index is -3.77. The Hall–Kier alpha value is 0.500. The minimum Gasteiger partial charge on any atom is -0.324 e. The van der Waals surface area contributed by atoms with Crippen molar-refractivity contribution in [2.45, 2.75) is 167 Å². The van der Waals surface area contributed by atoms with Gasteiger partial charge in [0.25, 0.3) is 0 Å². The topological polar surface area (TPSA) is 57.5 Å². The number of hydrogen-bond acceptors (Lipinski definition) is 2. The third-order valence-electron chi connectivity index (χ3n) is 6.86. The number of hydrogen-bond donors (Lipinski definition) is 3. The second kappa shape index (κ2) is 27.1. The maximum atomic E-state index is 10.8. The Balaban J connectivity index is 3.03. The quantitative estimate of drug-likeness (QED) is 0.0562. The fourth-order valence-electron chi connectivity index (χ4n) is 4.67. The lowest BCUT2D eigenvalue weighted by atomic mass is 10.0. The second-order valence-corrected chi connectivity index (χ2v) is 12.5. The van der Waals surface area contributed by atoms with Crippen LogP contribution in [-0.4, -0.2) is 21.7 Å². The first-order chi connectivity index (χ1) is 16.1. The molecule has 0 fully saturated rings. The predicted molar refractivity (Wildman–Crippen MR) is 151 cm³/mol. The lowest BCUT2D eigenvalue weighted by Crippen LogP contribution is -1.88. The fraction of sp³-hybridized carbons (Fsp3) is 1.00. The first-order valence-corrected chi connectivity index (χ1v) is 17.1. The van der Waals surface area contributed by atoms with Gasteiger partial charge in [0.05, 0.1) is 0 Å². The zero-order valence-electron chi connectivity index (χ0n) is 22.0. The molecule has 0 aromatic rings. The summed E-state index contributed by atoms with van der Waals surface area (Å²) in [6.07, 6.45) is 35.1. The molecule has 0 radical (unpaired) electrons. The van der Waals surface area contributed by atoms with Crippen LogP contribution in [0.2, 0.25) is 0 Å².